The molecule has 0 atom stereocenters. The van der Waals surface area contributed by atoms with Gasteiger partial charge in [-0.15, -0.1) is 0 Å². The monoisotopic (exact) mass is 193 g/mol. The third kappa shape index (κ3) is 2.01. The van der Waals surface area contributed by atoms with Gasteiger partial charge in [0.1, 0.15) is 0 Å². The van der Waals surface area contributed by atoms with Gasteiger partial charge in [-0.1, -0.05) is 0 Å². The van der Waals surface area contributed by atoms with E-state index in [0.717, 1.165) is 7.11 Å². The number of alkyl halides is 3. The number of halogens is 3. The van der Waals surface area contributed by atoms with Crippen LogP contribution < -0.4 is 4.74 Å². The zero-order valence-corrected chi connectivity index (χ0v) is 6.59. The summed E-state index contributed by atoms with van der Waals surface area (Å²) in [6.45, 7) is 0. The maximum absolute atomic E-state index is 12.1. The number of hydrogen-bond donors (Lipinski definition) is 1. The molecule has 0 amide bonds. The predicted molar refractivity (Wildman–Crippen MR) is 37.5 cm³/mol. The molecule has 13 heavy (non-hydrogen) atoms. The van der Waals surface area contributed by atoms with Crippen LogP contribution in [-0.4, -0.2) is 17.2 Å². The molecule has 0 aromatic carbocycles. The average Bonchev–Trinajstić information content (AvgIpc) is 2.03. The number of hydrogen-bond acceptors (Lipinski definition) is 3. The van der Waals surface area contributed by atoms with E-state index in [9.17, 15) is 13.2 Å². The fraction of sp³-hybridized carbons (Fsp3) is 0.286. The van der Waals surface area contributed by atoms with Gasteiger partial charge in [-0.2, -0.15) is 13.2 Å². The van der Waals surface area contributed by atoms with Gasteiger partial charge in [-0.25, -0.2) is 4.98 Å². The number of aromatic nitrogens is 1. The van der Waals surface area contributed by atoms with E-state index in [0.29, 0.717) is 12.3 Å². The number of ether oxygens (including phenoxy) is 1. The van der Waals surface area contributed by atoms with E-state index in [1.807, 2.05) is 0 Å². The first-order chi connectivity index (χ1) is 5.95. The third-order valence-electron chi connectivity index (χ3n) is 1.38. The second kappa shape index (κ2) is 3.12. The molecule has 1 aromatic rings. The lowest BCUT2D eigenvalue weighted by molar-refractivity contribution is -0.137. The molecular weight excluding hydrogens is 187 g/mol. The Balaban J connectivity index is 3.14. The summed E-state index contributed by atoms with van der Waals surface area (Å²) in [6.07, 6.45) is -3.94. The molecule has 1 aromatic heterocycles. The Hall–Kier alpha value is -1.46. The van der Waals surface area contributed by atoms with Crippen molar-refractivity contribution in [2.75, 3.05) is 7.11 Å². The van der Waals surface area contributed by atoms with Crippen LogP contribution in [0.25, 0.3) is 0 Å². The number of aromatic hydroxyl groups is 1. The molecular formula is C7H6F3NO2. The highest BCUT2D eigenvalue weighted by Crippen LogP contribution is 2.33. The summed E-state index contributed by atoms with van der Waals surface area (Å²) in [4.78, 5) is 3.13. The minimum Gasteiger partial charge on any atom is -0.491 e. The molecule has 1 N–H and O–H groups in total. The molecule has 0 bridgehead atoms. The van der Waals surface area contributed by atoms with Crippen molar-refractivity contribution in [3.05, 3.63) is 17.8 Å². The quantitative estimate of drug-likeness (QED) is 0.739. The van der Waals surface area contributed by atoms with E-state index in [1.54, 1.807) is 0 Å². The minimum atomic E-state index is -4.48. The number of nitrogens with zero attached hydrogens (tertiary/aromatic N) is 1. The topological polar surface area (TPSA) is 42.4 Å². The molecule has 0 fully saturated rings. The maximum atomic E-state index is 12.1. The fourth-order valence-electron chi connectivity index (χ4n) is 0.743. The maximum Gasteiger partial charge on any atom is 0.418 e. The van der Waals surface area contributed by atoms with E-state index >= 15 is 0 Å². The lowest BCUT2D eigenvalue weighted by Crippen LogP contribution is -2.05. The summed E-state index contributed by atoms with van der Waals surface area (Å²) in [5, 5.41) is 8.90. The van der Waals surface area contributed by atoms with Gasteiger partial charge in [-0.05, 0) is 6.07 Å². The molecule has 0 spiro atoms. The van der Waals surface area contributed by atoms with Crippen LogP contribution in [0, 0.1) is 0 Å². The van der Waals surface area contributed by atoms with Gasteiger partial charge < -0.3 is 9.84 Å². The van der Waals surface area contributed by atoms with Crippen molar-refractivity contribution < 1.29 is 23.0 Å². The lowest BCUT2D eigenvalue weighted by atomic mass is 10.2. The molecule has 72 valence electrons. The largest absolute Gasteiger partial charge is 0.491 e. The van der Waals surface area contributed by atoms with E-state index in [2.05, 4.69) is 9.72 Å². The van der Waals surface area contributed by atoms with Crippen LogP contribution in [0.1, 0.15) is 5.56 Å². The Bertz CT molecular complexity index is 311. The summed E-state index contributed by atoms with van der Waals surface area (Å²) in [5.74, 6) is -0.856. The van der Waals surface area contributed by atoms with Crippen LogP contribution in [0.5, 0.6) is 11.6 Å². The Labute approximate surface area is 71.8 Å². The molecule has 6 heteroatoms. The minimum absolute atomic E-state index is 0.296. The number of rotatable bonds is 1. The van der Waals surface area contributed by atoms with Crippen LogP contribution in [0.15, 0.2) is 12.3 Å². The van der Waals surface area contributed by atoms with Crippen molar-refractivity contribution in [3.63, 3.8) is 0 Å². The Morgan fingerprint density at radius 1 is 1.46 bits per heavy atom. The first-order valence-electron chi connectivity index (χ1n) is 3.25. The fourth-order valence-corrected chi connectivity index (χ4v) is 0.743. The van der Waals surface area contributed by atoms with E-state index in [4.69, 9.17) is 5.11 Å². The third-order valence-corrected chi connectivity index (χ3v) is 1.38. The van der Waals surface area contributed by atoms with Crippen molar-refractivity contribution in [1.29, 1.82) is 0 Å². The van der Waals surface area contributed by atoms with Crippen LogP contribution in [0.3, 0.4) is 0 Å². The van der Waals surface area contributed by atoms with Crippen molar-refractivity contribution >= 4 is 0 Å². The van der Waals surface area contributed by atoms with Gasteiger partial charge in [0.2, 0.25) is 0 Å². The highest BCUT2D eigenvalue weighted by molar-refractivity contribution is 5.36. The molecule has 0 unspecified atom stereocenters. The SMILES string of the molecule is COc1cc(C(F)(F)F)cnc1O. The van der Waals surface area contributed by atoms with Gasteiger partial charge >= 0.3 is 6.18 Å². The van der Waals surface area contributed by atoms with E-state index < -0.39 is 17.6 Å². The summed E-state index contributed by atoms with van der Waals surface area (Å²) < 4.78 is 40.6. The predicted octanol–water partition coefficient (Wildman–Crippen LogP) is 1.81. The Morgan fingerprint density at radius 3 is 2.54 bits per heavy atom. The normalized spacial score (nSPS) is 11.4. The number of pyridine rings is 1. The van der Waals surface area contributed by atoms with Crippen LogP contribution in [0.2, 0.25) is 0 Å². The smallest absolute Gasteiger partial charge is 0.418 e. The zero-order valence-electron chi connectivity index (χ0n) is 6.59. The highest BCUT2D eigenvalue weighted by Gasteiger charge is 2.31. The van der Waals surface area contributed by atoms with Gasteiger partial charge in [0, 0.05) is 6.20 Å². The zero-order chi connectivity index (χ0) is 10.1. The van der Waals surface area contributed by atoms with Crippen molar-refractivity contribution in [1.82, 2.24) is 4.98 Å². The average molecular weight is 193 g/mol. The van der Waals surface area contributed by atoms with Gasteiger partial charge in [0.05, 0.1) is 12.7 Å². The molecule has 1 rings (SSSR count). The van der Waals surface area contributed by atoms with E-state index in [-0.39, 0.29) is 5.75 Å². The summed E-state index contributed by atoms with van der Waals surface area (Å²) in [6, 6.07) is 0.683. The van der Waals surface area contributed by atoms with Gasteiger partial charge in [0.15, 0.2) is 5.75 Å². The van der Waals surface area contributed by atoms with Crippen molar-refractivity contribution in [2.45, 2.75) is 6.18 Å². The first-order valence-corrected chi connectivity index (χ1v) is 3.25. The van der Waals surface area contributed by atoms with Crippen LogP contribution >= 0.6 is 0 Å². The summed E-state index contributed by atoms with van der Waals surface area (Å²) in [5.41, 5.74) is -0.956. The number of methoxy groups -OCH3 is 1. The highest BCUT2D eigenvalue weighted by atomic mass is 19.4. The van der Waals surface area contributed by atoms with Gasteiger partial charge in [-0.3, -0.25) is 0 Å². The van der Waals surface area contributed by atoms with E-state index in [1.165, 1.54) is 0 Å². The second-order valence-corrected chi connectivity index (χ2v) is 2.25. The van der Waals surface area contributed by atoms with Gasteiger partial charge in [0.25, 0.3) is 5.88 Å². The molecule has 0 aliphatic heterocycles. The molecule has 1 heterocycles. The molecule has 0 saturated heterocycles. The molecule has 0 radical (unpaired) electrons. The molecule has 3 nitrogen and oxygen atoms in total. The summed E-state index contributed by atoms with van der Waals surface area (Å²) in [7, 11) is 1.15. The second-order valence-electron chi connectivity index (χ2n) is 2.25. The standard InChI is InChI=1S/C7H6F3NO2/c1-13-5-2-4(7(8,9)10)3-11-6(5)12/h2-3H,1H3,(H,11,12). The molecule has 0 aliphatic rings. The lowest BCUT2D eigenvalue weighted by Gasteiger charge is -2.08. The first kappa shape index (κ1) is 9.63. The van der Waals surface area contributed by atoms with Crippen LogP contribution in [0.4, 0.5) is 13.2 Å². The summed E-state index contributed by atoms with van der Waals surface area (Å²) >= 11 is 0. The van der Waals surface area contributed by atoms with Crippen LogP contribution in [-0.2, 0) is 6.18 Å². The molecule has 0 aliphatic carbocycles. The molecule has 0 saturated carbocycles. The Kier molecular flexibility index (Phi) is 2.31. The van der Waals surface area contributed by atoms with Crippen molar-refractivity contribution in [2.24, 2.45) is 0 Å². The Morgan fingerprint density at radius 2 is 2.08 bits per heavy atom. The van der Waals surface area contributed by atoms with Crippen molar-refractivity contribution in [3.8, 4) is 11.6 Å².